The van der Waals surface area contributed by atoms with Crippen molar-refractivity contribution in [3.8, 4) is 5.75 Å². The van der Waals surface area contributed by atoms with Crippen LogP contribution in [0.1, 0.15) is 44.0 Å². The van der Waals surface area contributed by atoms with Crippen molar-refractivity contribution in [2.24, 2.45) is 5.41 Å². The molecule has 0 aromatic heterocycles. The van der Waals surface area contributed by atoms with E-state index in [1.54, 1.807) is 20.8 Å². The van der Waals surface area contributed by atoms with Crippen LogP contribution in [0.3, 0.4) is 0 Å². The third-order valence-corrected chi connectivity index (χ3v) is 3.87. The molecule has 1 atom stereocenters. The summed E-state index contributed by atoms with van der Waals surface area (Å²) in [5.74, 6) is -1.00. The number of aliphatic carboxylic acids is 1. The molecule has 0 unspecified atom stereocenters. The lowest BCUT2D eigenvalue weighted by Gasteiger charge is -2.22. The standard InChI is InChI=1S/C15H20ClNO4/c1-4-15(3,14(19)20)8-12(18)9-6-10(16)11(17)7-13(9)21-5-2/h6-7H,4-5,8,17H2,1-3H3,(H,19,20)/t15-/m1/s1. The zero-order valence-corrected chi connectivity index (χ0v) is 13.2. The molecule has 6 heteroatoms. The third-order valence-electron chi connectivity index (χ3n) is 3.55. The number of halogens is 1. The number of carbonyl (C=O) groups is 2. The molecule has 1 aromatic rings. The van der Waals surface area contributed by atoms with Crippen LogP contribution in [0.5, 0.6) is 5.75 Å². The maximum absolute atomic E-state index is 12.4. The molecule has 0 fully saturated rings. The van der Waals surface area contributed by atoms with Crippen molar-refractivity contribution >= 4 is 29.0 Å². The Kier molecular flexibility index (Phi) is 5.61. The number of rotatable bonds is 7. The maximum atomic E-state index is 12.4. The summed E-state index contributed by atoms with van der Waals surface area (Å²) in [5.41, 5.74) is 5.16. The lowest BCUT2D eigenvalue weighted by Crippen LogP contribution is -2.29. The van der Waals surface area contributed by atoms with Gasteiger partial charge in [0.25, 0.3) is 0 Å². The van der Waals surface area contributed by atoms with E-state index in [2.05, 4.69) is 0 Å². The summed E-state index contributed by atoms with van der Waals surface area (Å²) >= 11 is 5.95. The summed E-state index contributed by atoms with van der Waals surface area (Å²) in [7, 11) is 0. The molecule has 0 amide bonds. The van der Waals surface area contributed by atoms with Gasteiger partial charge in [0.05, 0.1) is 28.3 Å². The molecule has 5 nitrogen and oxygen atoms in total. The highest BCUT2D eigenvalue weighted by Gasteiger charge is 2.34. The minimum atomic E-state index is -1.12. The van der Waals surface area contributed by atoms with E-state index in [0.29, 0.717) is 24.5 Å². The predicted molar refractivity (Wildman–Crippen MR) is 82.0 cm³/mol. The number of benzene rings is 1. The van der Waals surface area contributed by atoms with E-state index in [4.69, 9.17) is 22.1 Å². The van der Waals surface area contributed by atoms with E-state index < -0.39 is 11.4 Å². The van der Waals surface area contributed by atoms with Gasteiger partial charge in [0, 0.05) is 12.5 Å². The fourth-order valence-electron chi connectivity index (χ4n) is 1.86. The number of hydrogen-bond acceptors (Lipinski definition) is 4. The van der Waals surface area contributed by atoms with Gasteiger partial charge in [-0.1, -0.05) is 18.5 Å². The number of carbonyl (C=O) groups excluding carboxylic acids is 1. The molecule has 0 aliphatic carbocycles. The molecular weight excluding hydrogens is 294 g/mol. The molecule has 0 spiro atoms. The van der Waals surface area contributed by atoms with Crippen LogP contribution < -0.4 is 10.5 Å². The number of nitrogen functional groups attached to an aromatic ring is 1. The average Bonchev–Trinajstić information content (AvgIpc) is 2.42. The van der Waals surface area contributed by atoms with Gasteiger partial charge in [-0.2, -0.15) is 0 Å². The summed E-state index contributed by atoms with van der Waals surface area (Å²) < 4.78 is 5.40. The van der Waals surface area contributed by atoms with Crippen molar-refractivity contribution < 1.29 is 19.4 Å². The van der Waals surface area contributed by atoms with Crippen LogP contribution in [0, 0.1) is 5.41 Å². The Morgan fingerprint density at radius 3 is 2.48 bits per heavy atom. The summed E-state index contributed by atoms with van der Waals surface area (Å²) in [5, 5.41) is 9.52. The Labute approximate surface area is 129 Å². The molecule has 0 saturated carbocycles. The van der Waals surface area contributed by atoms with Crippen molar-refractivity contribution in [2.45, 2.75) is 33.6 Å². The molecule has 0 saturated heterocycles. The largest absolute Gasteiger partial charge is 0.493 e. The molecule has 0 heterocycles. The first-order valence-corrected chi connectivity index (χ1v) is 7.11. The number of ether oxygens (including phenoxy) is 1. The monoisotopic (exact) mass is 313 g/mol. The van der Waals surface area contributed by atoms with Crippen LogP contribution in [0.25, 0.3) is 0 Å². The van der Waals surface area contributed by atoms with Crippen molar-refractivity contribution in [3.05, 3.63) is 22.7 Å². The normalized spacial score (nSPS) is 13.5. The quantitative estimate of drug-likeness (QED) is 0.595. The highest BCUT2D eigenvalue weighted by Crippen LogP contribution is 2.34. The van der Waals surface area contributed by atoms with Crippen LogP contribution in [0.2, 0.25) is 5.02 Å². The van der Waals surface area contributed by atoms with Crippen LogP contribution >= 0.6 is 11.6 Å². The van der Waals surface area contributed by atoms with Gasteiger partial charge >= 0.3 is 5.97 Å². The number of anilines is 1. The SMILES string of the molecule is CCOc1cc(N)c(Cl)cc1C(=O)C[C@@](C)(CC)C(=O)O. The summed E-state index contributed by atoms with van der Waals surface area (Å²) in [6.45, 7) is 5.44. The van der Waals surface area contributed by atoms with E-state index in [-0.39, 0.29) is 22.8 Å². The molecular formula is C15H20ClNO4. The average molecular weight is 314 g/mol. The Hall–Kier alpha value is -1.75. The molecule has 21 heavy (non-hydrogen) atoms. The van der Waals surface area contributed by atoms with Crippen molar-refractivity contribution in [3.63, 3.8) is 0 Å². The summed E-state index contributed by atoms with van der Waals surface area (Å²) in [6, 6.07) is 2.92. The number of Topliss-reactive ketones (excluding diaryl/α,β-unsaturated/α-hetero) is 1. The number of hydrogen-bond donors (Lipinski definition) is 2. The molecule has 1 rings (SSSR count). The van der Waals surface area contributed by atoms with Crippen LogP contribution in [0.4, 0.5) is 5.69 Å². The zero-order chi connectivity index (χ0) is 16.2. The number of nitrogens with two attached hydrogens (primary N) is 1. The minimum Gasteiger partial charge on any atom is -0.493 e. The van der Waals surface area contributed by atoms with Crippen LogP contribution in [0.15, 0.2) is 12.1 Å². The molecule has 3 N–H and O–H groups in total. The van der Waals surface area contributed by atoms with Gasteiger partial charge in [-0.3, -0.25) is 9.59 Å². The first kappa shape index (κ1) is 17.3. The lowest BCUT2D eigenvalue weighted by atomic mass is 9.81. The topological polar surface area (TPSA) is 89.6 Å². The second kappa shape index (κ2) is 6.80. The Morgan fingerprint density at radius 2 is 2.00 bits per heavy atom. The first-order chi connectivity index (χ1) is 9.75. The zero-order valence-electron chi connectivity index (χ0n) is 12.4. The second-order valence-electron chi connectivity index (χ2n) is 5.12. The van der Waals surface area contributed by atoms with E-state index in [1.165, 1.54) is 12.1 Å². The molecule has 0 radical (unpaired) electrons. The van der Waals surface area contributed by atoms with E-state index >= 15 is 0 Å². The van der Waals surface area contributed by atoms with Gasteiger partial charge in [0.15, 0.2) is 5.78 Å². The third kappa shape index (κ3) is 3.88. The van der Waals surface area contributed by atoms with Crippen LogP contribution in [-0.2, 0) is 4.79 Å². The minimum absolute atomic E-state index is 0.126. The van der Waals surface area contributed by atoms with Gasteiger partial charge in [0.2, 0.25) is 0 Å². The number of ketones is 1. The maximum Gasteiger partial charge on any atom is 0.309 e. The van der Waals surface area contributed by atoms with Crippen molar-refractivity contribution in [1.29, 1.82) is 0 Å². The highest BCUT2D eigenvalue weighted by molar-refractivity contribution is 6.33. The van der Waals surface area contributed by atoms with Gasteiger partial charge in [-0.05, 0) is 26.3 Å². The van der Waals surface area contributed by atoms with Gasteiger partial charge in [0.1, 0.15) is 5.75 Å². The van der Waals surface area contributed by atoms with Gasteiger partial charge in [-0.15, -0.1) is 0 Å². The smallest absolute Gasteiger partial charge is 0.309 e. The second-order valence-corrected chi connectivity index (χ2v) is 5.53. The number of carboxylic acid groups (broad SMARTS) is 1. The Balaban J connectivity index is 3.17. The van der Waals surface area contributed by atoms with Gasteiger partial charge < -0.3 is 15.6 Å². The first-order valence-electron chi connectivity index (χ1n) is 6.73. The summed E-state index contributed by atoms with van der Waals surface area (Å²) in [4.78, 5) is 23.8. The lowest BCUT2D eigenvalue weighted by molar-refractivity contribution is -0.148. The van der Waals surface area contributed by atoms with Crippen molar-refractivity contribution in [1.82, 2.24) is 0 Å². The molecule has 0 aliphatic heterocycles. The molecule has 116 valence electrons. The Bertz CT molecular complexity index is 559. The number of carboxylic acids is 1. The Morgan fingerprint density at radius 1 is 1.38 bits per heavy atom. The molecule has 0 bridgehead atoms. The predicted octanol–water partition coefficient (Wildman–Crippen LogP) is 3.39. The fraction of sp³-hybridized carbons (Fsp3) is 0.467. The van der Waals surface area contributed by atoms with E-state index in [1.807, 2.05) is 0 Å². The van der Waals surface area contributed by atoms with E-state index in [9.17, 15) is 14.7 Å². The fourth-order valence-corrected chi connectivity index (χ4v) is 2.03. The van der Waals surface area contributed by atoms with Crippen molar-refractivity contribution in [2.75, 3.05) is 12.3 Å². The molecule has 0 aliphatic rings. The molecule has 1 aromatic carbocycles. The summed E-state index contributed by atoms with van der Waals surface area (Å²) in [6.07, 6.45) is 0.222. The van der Waals surface area contributed by atoms with E-state index in [0.717, 1.165) is 0 Å². The van der Waals surface area contributed by atoms with Gasteiger partial charge in [-0.25, -0.2) is 0 Å². The van der Waals surface area contributed by atoms with Crippen LogP contribution in [-0.4, -0.2) is 23.5 Å². The highest BCUT2D eigenvalue weighted by atomic mass is 35.5.